The van der Waals surface area contributed by atoms with Crippen molar-refractivity contribution in [3.8, 4) is 0 Å². The van der Waals surface area contributed by atoms with E-state index in [1.165, 1.54) is 7.11 Å². The summed E-state index contributed by atoms with van der Waals surface area (Å²) in [5, 5.41) is 0. The van der Waals surface area contributed by atoms with Crippen LogP contribution in [0.1, 0.15) is 12.6 Å². The Morgan fingerprint density at radius 1 is 1.77 bits per heavy atom. The highest BCUT2D eigenvalue weighted by Gasteiger charge is 2.13. The average molecular weight is 200 g/mol. The topological polar surface area (TPSA) is 57.9 Å². The monoisotopic (exact) mass is 200 g/mol. The summed E-state index contributed by atoms with van der Waals surface area (Å²) in [6.07, 6.45) is 2.38. The molecular formula is C8H12N2O2S. The highest BCUT2D eigenvalue weighted by atomic mass is 32.1. The number of aromatic amines is 2. The first-order chi connectivity index (χ1) is 6.13. The van der Waals surface area contributed by atoms with Gasteiger partial charge < -0.3 is 14.7 Å². The van der Waals surface area contributed by atoms with E-state index in [4.69, 9.17) is 12.2 Å². The number of aromatic nitrogens is 2. The number of hydrogen-bond acceptors (Lipinski definition) is 3. The summed E-state index contributed by atoms with van der Waals surface area (Å²) in [6.45, 7) is 1.82. The summed E-state index contributed by atoms with van der Waals surface area (Å²) >= 11 is 4.85. The number of carbonyl (C=O) groups is 1. The van der Waals surface area contributed by atoms with E-state index < -0.39 is 0 Å². The number of methoxy groups -OCH3 is 1. The number of esters is 1. The van der Waals surface area contributed by atoms with Gasteiger partial charge in [-0.25, -0.2) is 0 Å². The van der Waals surface area contributed by atoms with Crippen LogP contribution in [0.3, 0.4) is 0 Å². The van der Waals surface area contributed by atoms with Gasteiger partial charge in [0, 0.05) is 18.3 Å². The predicted octanol–water partition coefficient (Wildman–Crippen LogP) is 1.42. The van der Waals surface area contributed by atoms with E-state index in [0.29, 0.717) is 11.2 Å². The fourth-order valence-electron chi connectivity index (χ4n) is 1.10. The minimum absolute atomic E-state index is 0.147. The van der Waals surface area contributed by atoms with Crippen LogP contribution in [0.15, 0.2) is 6.20 Å². The molecule has 2 N–H and O–H groups in total. The molecule has 0 unspecified atom stereocenters. The van der Waals surface area contributed by atoms with Crippen LogP contribution in [0, 0.1) is 10.7 Å². The van der Waals surface area contributed by atoms with Crippen molar-refractivity contribution >= 4 is 18.2 Å². The predicted molar refractivity (Wildman–Crippen MR) is 50.9 cm³/mol. The van der Waals surface area contributed by atoms with Gasteiger partial charge in [-0.15, -0.1) is 0 Å². The van der Waals surface area contributed by atoms with E-state index in [9.17, 15) is 4.79 Å². The minimum atomic E-state index is -0.208. The summed E-state index contributed by atoms with van der Waals surface area (Å²) in [6, 6.07) is 0. The van der Waals surface area contributed by atoms with Crippen molar-refractivity contribution in [2.24, 2.45) is 5.92 Å². The molecule has 1 rings (SSSR count). The maximum Gasteiger partial charge on any atom is 0.308 e. The van der Waals surface area contributed by atoms with Crippen LogP contribution in [0.2, 0.25) is 0 Å². The van der Waals surface area contributed by atoms with E-state index in [1.54, 1.807) is 6.20 Å². The summed E-state index contributed by atoms with van der Waals surface area (Å²) in [7, 11) is 1.39. The standard InChI is InChI=1S/C8H12N2O2S/c1-5(7(11)12-2)3-6-4-9-8(13)10-6/h4-5H,3H2,1-2H3,(H2,9,10,13)/t5-/m1/s1. The van der Waals surface area contributed by atoms with Crippen LogP contribution in [0.5, 0.6) is 0 Å². The number of ether oxygens (including phenoxy) is 1. The molecule has 72 valence electrons. The molecule has 1 aromatic heterocycles. The molecule has 0 aliphatic rings. The summed E-state index contributed by atoms with van der Waals surface area (Å²) in [5.41, 5.74) is 0.919. The first-order valence-electron chi connectivity index (χ1n) is 3.98. The van der Waals surface area contributed by atoms with Crippen LogP contribution in [-0.2, 0) is 16.0 Å². The lowest BCUT2D eigenvalue weighted by atomic mass is 10.1. The smallest absolute Gasteiger partial charge is 0.308 e. The Hall–Kier alpha value is -1.10. The number of rotatable bonds is 3. The highest BCUT2D eigenvalue weighted by molar-refractivity contribution is 7.71. The van der Waals surface area contributed by atoms with Crippen molar-refractivity contribution in [3.63, 3.8) is 0 Å². The molecule has 1 heterocycles. The van der Waals surface area contributed by atoms with Gasteiger partial charge in [-0.05, 0) is 12.2 Å². The van der Waals surface area contributed by atoms with Crippen molar-refractivity contribution < 1.29 is 9.53 Å². The molecule has 0 saturated heterocycles. The van der Waals surface area contributed by atoms with Gasteiger partial charge in [0.05, 0.1) is 13.0 Å². The van der Waals surface area contributed by atoms with Gasteiger partial charge in [0.1, 0.15) is 0 Å². The van der Waals surface area contributed by atoms with Gasteiger partial charge in [0.25, 0.3) is 0 Å². The molecule has 1 aromatic rings. The lowest BCUT2D eigenvalue weighted by molar-refractivity contribution is -0.144. The van der Waals surface area contributed by atoms with Gasteiger partial charge in [-0.2, -0.15) is 0 Å². The van der Waals surface area contributed by atoms with E-state index in [-0.39, 0.29) is 11.9 Å². The van der Waals surface area contributed by atoms with E-state index >= 15 is 0 Å². The Morgan fingerprint density at radius 3 is 2.92 bits per heavy atom. The summed E-state index contributed by atoms with van der Waals surface area (Å²) in [4.78, 5) is 16.8. The summed E-state index contributed by atoms with van der Waals surface area (Å²) in [5.74, 6) is -0.355. The maximum atomic E-state index is 11.1. The zero-order valence-corrected chi connectivity index (χ0v) is 8.40. The Morgan fingerprint density at radius 2 is 2.46 bits per heavy atom. The van der Waals surface area contributed by atoms with Gasteiger partial charge in [0.15, 0.2) is 4.77 Å². The second kappa shape index (κ2) is 4.23. The lowest BCUT2D eigenvalue weighted by Crippen LogP contribution is -2.15. The van der Waals surface area contributed by atoms with Gasteiger partial charge >= 0.3 is 5.97 Å². The Balaban J connectivity index is 2.59. The molecule has 0 aliphatic carbocycles. The zero-order chi connectivity index (χ0) is 9.84. The van der Waals surface area contributed by atoms with Gasteiger partial charge in [-0.1, -0.05) is 6.92 Å². The van der Waals surface area contributed by atoms with Crippen molar-refractivity contribution in [1.29, 1.82) is 0 Å². The molecule has 13 heavy (non-hydrogen) atoms. The van der Waals surface area contributed by atoms with Crippen LogP contribution in [0.25, 0.3) is 0 Å². The molecule has 0 radical (unpaired) electrons. The third kappa shape index (κ3) is 2.69. The number of hydrogen-bond donors (Lipinski definition) is 2. The van der Waals surface area contributed by atoms with Crippen molar-refractivity contribution in [1.82, 2.24) is 9.97 Å². The number of H-pyrrole nitrogens is 2. The first kappa shape index (κ1) is 9.98. The van der Waals surface area contributed by atoms with Crippen LogP contribution in [-0.4, -0.2) is 23.0 Å². The normalized spacial score (nSPS) is 12.5. The fraction of sp³-hybridized carbons (Fsp3) is 0.500. The molecule has 0 aliphatic heterocycles. The number of carbonyl (C=O) groups excluding carboxylic acids is 1. The SMILES string of the molecule is COC(=O)[C@H](C)Cc1c[nH]c(=S)[nH]1. The van der Waals surface area contributed by atoms with E-state index in [2.05, 4.69) is 14.7 Å². The summed E-state index contributed by atoms with van der Waals surface area (Å²) < 4.78 is 5.18. The number of nitrogens with one attached hydrogen (secondary N) is 2. The molecule has 0 bridgehead atoms. The van der Waals surface area contributed by atoms with Crippen LogP contribution in [0.4, 0.5) is 0 Å². The second-order valence-corrected chi connectivity index (χ2v) is 3.30. The van der Waals surface area contributed by atoms with Crippen molar-refractivity contribution in [2.45, 2.75) is 13.3 Å². The average Bonchev–Trinajstić information content (AvgIpc) is 2.49. The molecule has 0 amide bonds. The van der Waals surface area contributed by atoms with E-state index in [0.717, 1.165) is 5.69 Å². The first-order valence-corrected chi connectivity index (χ1v) is 4.38. The van der Waals surface area contributed by atoms with Gasteiger partial charge in [0.2, 0.25) is 0 Å². The third-order valence-electron chi connectivity index (χ3n) is 1.78. The molecule has 0 spiro atoms. The zero-order valence-electron chi connectivity index (χ0n) is 7.59. The quantitative estimate of drug-likeness (QED) is 0.573. The molecule has 1 atom stereocenters. The second-order valence-electron chi connectivity index (χ2n) is 2.90. The Bertz CT molecular complexity index is 342. The van der Waals surface area contributed by atoms with E-state index in [1.807, 2.05) is 6.92 Å². The highest BCUT2D eigenvalue weighted by Crippen LogP contribution is 2.06. The maximum absolute atomic E-state index is 11.1. The molecule has 0 aromatic carbocycles. The lowest BCUT2D eigenvalue weighted by Gasteiger charge is -2.06. The number of imidazole rings is 1. The molecule has 0 saturated carbocycles. The largest absolute Gasteiger partial charge is 0.469 e. The van der Waals surface area contributed by atoms with Crippen molar-refractivity contribution in [3.05, 3.63) is 16.7 Å². The van der Waals surface area contributed by atoms with Crippen molar-refractivity contribution in [2.75, 3.05) is 7.11 Å². The molecule has 5 heteroatoms. The minimum Gasteiger partial charge on any atom is -0.469 e. The fourth-order valence-corrected chi connectivity index (χ4v) is 1.29. The Kier molecular flexibility index (Phi) is 3.25. The molecule has 0 fully saturated rings. The van der Waals surface area contributed by atoms with Crippen LogP contribution < -0.4 is 0 Å². The molecule has 4 nitrogen and oxygen atoms in total. The Labute approximate surface area is 81.3 Å². The molecular weight excluding hydrogens is 188 g/mol. The van der Waals surface area contributed by atoms with Gasteiger partial charge in [-0.3, -0.25) is 4.79 Å². The third-order valence-corrected chi connectivity index (χ3v) is 2.00. The van der Waals surface area contributed by atoms with Crippen LogP contribution >= 0.6 is 12.2 Å².